The monoisotopic (exact) mass is 685 g/mol. The lowest BCUT2D eigenvalue weighted by atomic mass is 9.80. The first-order valence-corrected chi connectivity index (χ1v) is 12.7. The average molecular weight is 685 g/mol. The van der Waals surface area contributed by atoms with Gasteiger partial charge in [0, 0.05) is 28.3 Å². The van der Waals surface area contributed by atoms with Crippen LogP contribution in [-0.4, -0.2) is 38.0 Å². The molecule has 2 aromatic carbocycles. The SMILES string of the molecule is CCOC(=O)COc1c(I)cc([C@@H]2C(C(=O)OC)=C(C)NC3=C2C(=O)c2ccccc23)cc1I. The van der Waals surface area contributed by atoms with Gasteiger partial charge in [0.15, 0.2) is 12.4 Å². The van der Waals surface area contributed by atoms with Crippen molar-refractivity contribution >= 4 is 68.6 Å². The van der Waals surface area contributed by atoms with Gasteiger partial charge in [0.05, 0.1) is 32.1 Å². The molecule has 2 aliphatic rings. The Morgan fingerprint density at radius 2 is 1.74 bits per heavy atom. The van der Waals surface area contributed by atoms with Gasteiger partial charge in [0.25, 0.3) is 0 Å². The van der Waals surface area contributed by atoms with Crippen LogP contribution in [0.15, 0.2) is 53.2 Å². The van der Waals surface area contributed by atoms with Crippen molar-refractivity contribution in [3.8, 4) is 5.75 Å². The van der Waals surface area contributed by atoms with Gasteiger partial charge in [-0.2, -0.15) is 0 Å². The van der Waals surface area contributed by atoms with Crippen molar-refractivity contribution in [1.29, 1.82) is 0 Å². The highest BCUT2D eigenvalue weighted by atomic mass is 127. The highest BCUT2D eigenvalue weighted by Gasteiger charge is 2.43. The van der Waals surface area contributed by atoms with Crippen LogP contribution in [0.4, 0.5) is 0 Å². The van der Waals surface area contributed by atoms with Gasteiger partial charge < -0.3 is 19.5 Å². The summed E-state index contributed by atoms with van der Waals surface area (Å²) < 4.78 is 17.2. The predicted molar refractivity (Wildman–Crippen MR) is 142 cm³/mol. The van der Waals surface area contributed by atoms with Gasteiger partial charge in [-0.05, 0) is 76.7 Å². The number of ether oxygens (including phenoxy) is 3. The molecule has 176 valence electrons. The van der Waals surface area contributed by atoms with Crippen LogP contribution in [0.1, 0.15) is 41.3 Å². The van der Waals surface area contributed by atoms with E-state index in [4.69, 9.17) is 14.2 Å². The van der Waals surface area contributed by atoms with E-state index in [1.807, 2.05) is 30.3 Å². The molecule has 0 saturated heterocycles. The Balaban J connectivity index is 1.81. The third-order valence-electron chi connectivity index (χ3n) is 5.65. The molecular formula is C25H21I2NO6. The maximum absolute atomic E-state index is 13.5. The first-order valence-electron chi connectivity index (χ1n) is 10.5. The first kappa shape index (κ1) is 24.7. The lowest BCUT2D eigenvalue weighted by Gasteiger charge is -2.29. The molecule has 0 saturated carbocycles. The number of hydrogen-bond acceptors (Lipinski definition) is 7. The highest BCUT2D eigenvalue weighted by Crippen LogP contribution is 2.47. The smallest absolute Gasteiger partial charge is 0.344 e. The zero-order valence-corrected chi connectivity index (χ0v) is 23.0. The number of fused-ring (bicyclic) bond motifs is 2. The molecule has 0 unspecified atom stereocenters. The Labute approximate surface area is 224 Å². The summed E-state index contributed by atoms with van der Waals surface area (Å²) in [6.45, 7) is 3.61. The summed E-state index contributed by atoms with van der Waals surface area (Å²) in [5, 5.41) is 3.27. The fourth-order valence-electron chi connectivity index (χ4n) is 4.26. The Bertz CT molecular complexity index is 1260. The second kappa shape index (κ2) is 10.1. The molecule has 0 radical (unpaired) electrons. The molecule has 1 heterocycles. The number of halogens is 2. The number of methoxy groups -OCH3 is 1. The van der Waals surface area contributed by atoms with E-state index >= 15 is 0 Å². The van der Waals surface area contributed by atoms with Gasteiger partial charge in [0.2, 0.25) is 0 Å². The fourth-order valence-corrected chi connectivity index (χ4v) is 6.39. The molecule has 0 spiro atoms. The average Bonchev–Trinajstić information content (AvgIpc) is 3.09. The minimum Gasteiger partial charge on any atom is -0.480 e. The normalized spacial score (nSPS) is 16.6. The Kier molecular flexibility index (Phi) is 7.31. The summed E-state index contributed by atoms with van der Waals surface area (Å²) >= 11 is 4.26. The van der Waals surface area contributed by atoms with E-state index in [1.165, 1.54) is 7.11 Å². The lowest BCUT2D eigenvalue weighted by molar-refractivity contribution is -0.145. The summed E-state index contributed by atoms with van der Waals surface area (Å²) in [4.78, 5) is 38.1. The number of dihydropyridines is 1. The van der Waals surface area contributed by atoms with Crippen LogP contribution in [0.2, 0.25) is 0 Å². The van der Waals surface area contributed by atoms with Crippen LogP contribution in [0.25, 0.3) is 5.70 Å². The molecule has 1 aliphatic carbocycles. The number of Topliss-reactive ketones (excluding diaryl/α,β-unsaturated/α-hetero) is 1. The van der Waals surface area contributed by atoms with Gasteiger partial charge in [-0.25, -0.2) is 9.59 Å². The molecule has 0 fully saturated rings. The van der Waals surface area contributed by atoms with Gasteiger partial charge in [-0.1, -0.05) is 24.3 Å². The van der Waals surface area contributed by atoms with Crippen LogP contribution in [0.5, 0.6) is 5.75 Å². The Morgan fingerprint density at radius 3 is 2.35 bits per heavy atom. The molecule has 4 rings (SSSR count). The van der Waals surface area contributed by atoms with Gasteiger partial charge in [-0.3, -0.25) is 4.79 Å². The summed E-state index contributed by atoms with van der Waals surface area (Å²) in [6.07, 6.45) is 0. The van der Waals surface area contributed by atoms with Crippen molar-refractivity contribution in [1.82, 2.24) is 5.32 Å². The topological polar surface area (TPSA) is 90.9 Å². The molecule has 0 bridgehead atoms. The molecule has 0 amide bonds. The number of benzene rings is 2. The lowest BCUT2D eigenvalue weighted by Crippen LogP contribution is -2.29. The quantitative estimate of drug-likeness (QED) is 0.352. The van der Waals surface area contributed by atoms with E-state index in [-0.39, 0.29) is 19.0 Å². The molecule has 0 aromatic heterocycles. The largest absolute Gasteiger partial charge is 0.480 e. The minimum absolute atomic E-state index is 0.121. The number of rotatable bonds is 6. The predicted octanol–water partition coefficient (Wildman–Crippen LogP) is 4.58. The van der Waals surface area contributed by atoms with E-state index in [0.29, 0.717) is 33.9 Å². The standard InChI is InChI=1S/C25H21I2NO6/c1-4-33-18(29)11-34-24-16(26)9-13(10-17(24)27)20-19(25(31)32-3)12(2)28-22-14-7-5-6-8-15(14)23(30)21(20)22/h5-10,20,28H,4,11H2,1-3H3/t20-/m1/s1. The molecule has 1 atom stereocenters. The highest BCUT2D eigenvalue weighted by molar-refractivity contribution is 14.1. The maximum atomic E-state index is 13.5. The molecule has 34 heavy (non-hydrogen) atoms. The summed E-state index contributed by atoms with van der Waals surface area (Å²) in [5.74, 6) is -1.15. The molecular weight excluding hydrogens is 664 g/mol. The molecule has 2 aromatic rings. The summed E-state index contributed by atoms with van der Waals surface area (Å²) in [5.41, 5.74) is 4.41. The van der Waals surface area contributed by atoms with Crippen LogP contribution in [0.3, 0.4) is 0 Å². The van der Waals surface area contributed by atoms with Crippen molar-refractivity contribution in [3.05, 3.63) is 77.1 Å². The molecule has 9 heteroatoms. The third kappa shape index (κ3) is 4.35. The third-order valence-corrected chi connectivity index (χ3v) is 7.25. The molecule has 7 nitrogen and oxygen atoms in total. The van der Waals surface area contributed by atoms with Crippen molar-refractivity contribution in [2.24, 2.45) is 0 Å². The van der Waals surface area contributed by atoms with Crippen molar-refractivity contribution in [3.63, 3.8) is 0 Å². The zero-order chi connectivity index (χ0) is 24.6. The van der Waals surface area contributed by atoms with Gasteiger partial charge >= 0.3 is 11.9 Å². The number of nitrogens with one attached hydrogen (secondary N) is 1. The summed E-state index contributed by atoms with van der Waals surface area (Å²) in [7, 11) is 1.33. The van der Waals surface area contributed by atoms with E-state index < -0.39 is 17.9 Å². The second-order valence-corrected chi connectivity index (χ2v) is 9.98. The number of ketones is 1. The number of carbonyl (C=O) groups excluding carboxylic acids is 3. The summed E-state index contributed by atoms with van der Waals surface area (Å²) in [6, 6.07) is 11.1. The van der Waals surface area contributed by atoms with Crippen LogP contribution in [-0.2, 0) is 19.1 Å². The van der Waals surface area contributed by atoms with E-state index in [2.05, 4.69) is 50.5 Å². The van der Waals surface area contributed by atoms with Gasteiger partial charge in [-0.15, -0.1) is 0 Å². The van der Waals surface area contributed by atoms with Crippen molar-refractivity contribution in [2.75, 3.05) is 20.3 Å². The maximum Gasteiger partial charge on any atom is 0.344 e. The second-order valence-electron chi connectivity index (χ2n) is 7.66. The van der Waals surface area contributed by atoms with E-state index in [1.54, 1.807) is 19.9 Å². The Hall–Kier alpha value is -2.41. The zero-order valence-electron chi connectivity index (χ0n) is 18.7. The number of esters is 2. The molecule has 1 N–H and O–H groups in total. The van der Waals surface area contributed by atoms with Crippen molar-refractivity contribution < 1.29 is 28.6 Å². The first-order chi connectivity index (χ1) is 16.3. The number of carbonyl (C=O) groups is 3. The fraction of sp³-hybridized carbons (Fsp3) is 0.240. The van der Waals surface area contributed by atoms with Crippen LogP contribution in [0, 0.1) is 7.14 Å². The van der Waals surface area contributed by atoms with Crippen molar-refractivity contribution in [2.45, 2.75) is 19.8 Å². The van der Waals surface area contributed by atoms with E-state index in [0.717, 1.165) is 18.3 Å². The minimum atomic E-state index is -0.621. The van der Waals surface area contributed by atoms with Crippen LogP contribution >= 0.6 is 45.2 Å². The van der Waals surface area contributed by atoms with E-state index in [9.17, 15) is 14.4 Å². The number of hydrogen-bond donors (Lipinski definition) is 1. The Morgan fingerprint density at radius 1 is 1.09 bits per heavy atom. The van der Waals surface area contributed by atoms with Gasteiger partial charge in [0.1, 0.15) is 5.75 Å². The van der Waals surface area contributed by atoms with Crippen LogP contribution < -0.4 is 10.1 Å². The number of allylic oxidation sites excluding steroid dienone is 2. The molecule has 1 aliphatic heterocycles.